The van der Waals surface area contributed by atoms with E-state index in [-0.39, 0.29) is 5.78 Å². The van der Waals surface area contributed by atoms with Crippen molar-refractivity contribution < 1.29 is 14.3 Å². The molecule has 1 aromatic rings. The molecule has 1 rings (SSSR count). The van der Waals surface area contributed by atoms with Crippen LogP contribution >= 0.6 is 0 Å². The van der Waals surface area contributed by atoms with Crippen LogP contribution in [0.3, 0.4) is 0 Å². The second kappa shape index (κ2) is 9.72. The van der Waals surface area contributed by atoms with Crippen LogP contribution in [-0.4, -0.2) is 11.8 Å². The van der Waals surface area contributed by atoms with E-state index in [9.17, 15) is 9.59 Å². The van der Waals surface area contributed by atoms with Crippen molar-refractivity contribution in [2.45, 2.75) is 46.0 Å². The number of ether oxygens (including phenoxy) is 1. The van der Waals surface area contributed by atoms with Gasteiger partial charge in [0.25, 0.3) is 0 Å². The third-order valence-corrected chi connectivity index (χ3v) is 3.20. The molecular formula is C19H24O3. The van der Waals surface area contributed by atoms with Crippen molar-refractivity contribution in [1.29, 1.82) is 0 Å². The maximum absolute atomic E-state index is 11.8. The van der Waals surface area contributed by atoms with Crippen LogP contribution in [0.5, 0.6) is 5.75 Å². The van der Waals surface area contributed by atoms with Crippen LogP contribution in [0.1, 0.15) is 51.5 Å². The molecule has 0 aliphatic rings. The highest BCUT2D eigenvalue weighted by Gasteiger charge is 2.08. The number of carbonyl (C=O) groups is 2. The topological polar surface area (TPSA) is 43.4 Å². The number of rotatable bonds is 9. The first-order valence-corrected chi connectivity index (χ1v) is 7.72. The summed E-state index contributed by atoms with van der Waals surface area (Å²) < 4.78 is 5.25. The SMILES string of the molecule is C=C(C)C(=O)Oc1ccccc1/C=C\C(=O)CCCCCC. The lowest BCUT2D eigenvalue weighted by Gasteiger charge is -2.06. The van der Waals surface area contributed by atoms with E-state index < -0.39 is 5.97 Å². The number of esters is 1. The van der Waals surface area contributed by atoms with E-state index in [1.807, 2.05) is 12.1 Å². The summed E-state index contributed by atoms with van der Waals surface area (Å²) in [5, 5.41) is 0. The summed E-state index contributed by atoms with van der Waals surface area (Å²) in [6.45, 7) is 7.30. The molecule has 0 unspecified atom stereocenters. The summed E-state index contributed by atoms with van der Waals surface area (Å²) in [6, 6.07) is 7.13. The lowest BCUT2D eigenvalue weighted by Crippen LogP contribution is -2.08. The van der Waals surface area contributed by atoms with Gasteiger partial charge in [-0.15, -0.1) is 0 Å². The number of allylic oxidation sites excluding steroid dienone is 1. The molecule has 3 nitrogen and oxygen atoms in total. The van der Waals surface area contributed by atoms with Crippen LogP contribution in [0, 0.1) is 0 Å². The fourth-order valence-electron chi connectivity index (χ4n) is 1.89. The maximum atomic E-state index is 11.8. The molecule has 0 aromatic heterocycles. The van der Waals surface area contributed by atoms with E-state index in [2.05, 4.69) is 13.5 Å². The number of para-hydroxylation sites is 1. The number of benzene rings is 1. The lowest BCUT2D eigenvalue weighted by molar-refractivity contribution is -0.130. The van der Waals surface area contributed by atoms with Gasteiger partial charge in [0.05, 0.1) is 0 Å². The van der Waals surface area contributed by atoms with E-state index >= 15 is 0 Å². The van der Waals surface area contributed by atoms with Crippen LogP contribution in [0.15, 0.2) is 42.5 Å². The molecule has 118 valence electrons. The van der Waals surface area contributed by atoms with Crippen LogP contribution < -0.4 is 4.74 Å². The largest absolute Gasteiger partial charge is 0.423 e. The smallest absolute Gasteiger partial charge is 0.338 e. The number of ketones is 1. The molecule has 0 saturated carbocycles. The highest BCUT2D eigenvalue weighted by molar-refractivity contribution is 5.94. The van der Waals surface area contributed by atoms with E-state index in [0.29, 0.717) is 23.3 Å². The molecule has 3 heteroatoms. The van der Waals surface area contributed by atoms with Gasteiger partial charge in [-0.25, -0.2) is 4.79 Å². The standard InChI is InChI=1S/C19H24O3/c1-4-5-6-7-11-17(20)14-13-16-10-8-9-12-18(16)22-19(21)15(2)3/h8-10,12-14H,2,4-7,11H2,1,3H3/b14-13-. The average molecular weight is 300 g/mol. The Morgan fingerprint density at radius 1 is 1.18 bits per heavy atom. The van der Waals surface area contributed by atoms with Crippen molar-refractivity contribution >= 4 is 17.8 Å². The first-order valence-electron chi connectivity index (χ1n) is 7.72. The summed E-state index contributed by atoms with van der Waals surface area (Å²) in [5.74, 6) is 0.0643. The van der Waals surface area contributed by atoms with Gasteiger partial charge in [0.1, 0.15) is 5.75 Å². The molecule has 0 N–H and O–H groups in total. The van der Waals surface area contributed by atoms with Gasteiger partial charge < -0.3 is 4.74 Å². The fourth-order valence-corrected chi connectivity index (χ4v) is 1.89. The fraction of sp³-hybridized carbons (Fsp3) is 0.368. The van der Waals surface area contributed by atoms with Gasteiger partial charge in [-0.3, -0.25) is 4.79 Å². The van der Waals surface area contributed by atoms with E-state index in [1.165, 1.54) is 0 Å². The minimum atomic E-state index is -0.466. The van der Waals surface area contributed by atoms with E-state index in [4.69, 9.17) is 4.74 Å². The second-order valence-electron chi connectivity index (χ2n) is 5.32. The zero-order valence-corrected chi connectivity index (χ0v) is 13.4. The molecule has 0 radical (unpaired) electrons. The molecule has 0 saturated heterocycles. The molecule has 0 bridgehead atoms. The van der Waals surface area contributed by atoms with Gasteiger partial charge in [0, 0.05) is 17.6 Å². The van der Waals surface area contributed by atoms with Gasteiger partial charge in [0.15, 0.2) is 5.78 Å². The normalized spacial score (nSPS) is 10.6. The summed E-state index contributed by atoms with van der Waals surface area (Å²) >= 11 is 0. The number of carbonyl (C=O) groups excluding carboxylic acids is 2. The maximum Gasteiger partial charge on any atom is 0.338 e. The average Bonchev–Trinajstić information content (AvgIpc) is 2.50. The van der Waals surface area contributed by atoms with Crippen LogP contribution in [-0.2, 0) is 9.59 Å². The van der Waals surface area contributed by atoms with E-state index in [0.717, 1.165) is 25.7 Å². The minimum absolute atomic E-state index is 0.0946. The number of unbranched alkanes of at least 4 members (excludes halogenated alkanes) is 3. The summed E-state index contributed by atoms with van der Waals surface area (Å²) in [7, 11) is 0. The Balaban J connectivity index is 2.64. The predicted molar refractivity (Wildman–Crippen MR) is 89.7 cm³/mol. The lowest BCUT2D eigenvalue weighted by atomic mass is 10.1. The molecule has 0 fully saturated rings. The first kappa shape index (κ1) is 17.9. The number of hydrogen-bond donors (Lipinski definition) is 0. The van der Waals surface area contributed by atoms with Crippen LogP contribution in [0.25, 0.3) is 6.08 Å². The van der Waals surface area contributed by atoms with Crippen LogP contribution in [0.4, 0.5) is 0 Å². The summed E-state index contributed by atoms with van der Waals surface area (Å²) in [4.78, 5) is 23.4. The van der Waals surface area contributed by atoms with Gasteiger partial charge in [-0.2, -0.15) is 0 Å². The Hall–Kier alpha value is -2.16. The van der Waals surface area contributed by atoms with Crippen molar-refractivity contribution in [2.24, 2.45) is 0 Å². The monoisotopic (exact) mass is 300 g/mol. The summed E-state index contributed by atoms with van der Waals surface area (Å²) in [5.41, 5.74) is 1.05. The van der Waals surface area contributed by atoms with Crippen LogP contribution in [0.2, 0.25) is 0 Å². The highest BCUT2D eigenvalue weighted by Crippen LogP contribution is 2.20. The van der Waals surface area contributed by atoms with E-state index in [1.54, 1.807) is 31.2 Å². The first-order chi connectivity index (χ1) is 10.5. The molecule has 0 heterocycles. The van der Waals surface area contributed by atoms with Crippen molar-refractivity contribution in [3.05, 3.63) is 48.1 Å². The molecule has 0 aliphatic heterocycles. The third kappa shape index (κ3) is 6.53. The molecular weight excluding hydrogens is 276 g/mol. The molecule has 0 aliphatic carbocycles. The van der Waals surface area contributed by atoms with Crippen molar-refractivity contribution in [3.8, 4) is 5.75 Å². The Morgan fingerprint density at radius 2 is 1.91 bits per heavy atom. The zero-order chi connectivity index (χ0) is 16.4. The Bertz CT molecular complexity index is 556. The third-order valence-electron chi connectivity index (χ3n) is 3.20. The van der Waals surface area contributed by atoms with Crippen molar-refractivity contribution in [1.82, 2.24) is 0 Å². The van der Waals surface area contributed by atoms with Crippen molar-refractivity contribution in [3.63, 3.8) is 0 Å². The molecule has 0 amide bonds. The number of hydrogen-bond acceptors (Lipinski definition) is 3. The Morgan fingerprint density at radius 3 is 2.59 bits per heavy atom. The van der Waals surface area contributed by atoms with Gasteiger partial charge in [0.2, 0.25) is 0 Å². The minimum Gasteiger partial charge on any atom is -0.423 e. The predicted octanol–water partition coefficient (Wildman–Crippen LogP) is 4.72. The van der Waals surface area contributed by atoms with Gasteiger partial charge >= 0.3 is 5.97 Å². The summed E-state index contributed by atoms with van der Waals surface area (Å²) in [6.07, 6.45) is 8.14. The zero-order valence-electron chi connectivity index (χ0n) is 13.4. The molecule has 22 heavy (non-hydrogen) atoms. The molecule has 1 aromatic carbocycles. The quantitative estimate of drug-likeness (QED) is 0.287. The molecule has 0 atom stereocenters. The Kier molecular flexibility index (Phi) is 7.90. The second-order valence-corrected chi connectivity index (χ2v) is 5.32. The van der Waals surface area contributed by atoms with Gasteiger partial charge in [-0.1, -0.05) is 51.0 Å². The van der Waals surface area contributed by atoms with Gasteiger partial charge in [-0.05, 0) is 31.6 Å². The Labute approximate surface area is 132 Å². The van der Waals surface area contributed by atoms with Crippen molar-refractivity contribution in [2.75, 3.05) is 0 Å². The highest BCUT2D eigenvalue weighted by atomic mass is 16.5. The molecule has 0 spiro atoms.